The molecule has 3 aromatic heterocycles. The third kappa shape index (κ3) is 6.61. The van der Waals surface area contributed by atoms with E-state index in [2.05, 4.69) is 52.3 Å². The summed E-state index contributed by atoms with van der Waals surface area (Å²) in [6.07, 6.45) is 7.80. The Morgan fingerprint density at radius 3 is 2.70 bits per heavy atom. The Balaban J connectivity index is 0.000000244. The SMILES string of the molecule is CC.Cc1csc2c(NCc3cccs3)cc(Cl)nc12.NC1CC=CCC1. The highest BCUT2D eigenvalue weighted by Gasteiger charge is 2.09. The van der Waals surface area contributed by atoms with Gasteiger partial charge in [0.2, 0.25) is 0 Å². The minimum Gasteiger partial charge on any atom is -0.379 e. The van der Waals surface area contributed by atoms with Crippen molar-refractivity contribution in [2.75, 3.05) is 5.32 Å². The zero-order valence-corrected chi connectivity index (χ0v) is 18.6. The number of hydrogen-bond acceptors (Lipinski definition) is 5. The topological polar surface area (TPSA) is 50.9 Å². The molecule has 146 valence electrons. The second-order valence-corrected chi connectivity index (χ2v) is 8.37. The first kappa shape index (κ1) is 21.9. The van der Waals surface area contributed by atoms with Crippen LogP contribution in [0.4, 0.5) is 5.69 Å². The van der Waals surface area contributed by atoms with E-state index in [0.29, 0.717) is 11.2 Å². The first-order valence-electron chi connectivity index (χ1n) is 9.34. The monoisotopic (exact) mass is 421 g/mol. The van der Waals surface area contributed by atoms with Gasteiger partial charge in [-0.3, -0.25) is 0 Å². The van der Waals surface area contributed by atoms with Crippen molar-refractivity contribution in [3.05, 3.63) is 56.7 Å². The van der Waals surface area contributed by atoms with E-state index >= 15 is 0 Å². The molecular formula is C21H28ClN3S2. The summed E-state index contributed by atoms with van der Waals surface area (Å²) in [6.45, 7) is 6.88. The van der Waals surface area contributed by atoms with Gasteiger partial charge in [-0.25, -0.2) is 4.98 Å². The molecule has 1 atom stereocenters. The van der Waals surface area contributed by atoms with Crippen LogP contribution in [0, 0.1) is 6.92 Å². The third-order valence-electron chi connectivity index (χ3n) is 4.01. The smallest absolute Gasteiger partial charge is 0.131 e. The summed E-state index contributed by atoms with van der Waals surface area (Å²) >= 11 is 9.52. The van der Waals surface area contributed by atoms with Gasteiger partial charge in [-0.2, -0.15) is 0 Å². The zero-order chi connectivity index (χ0) is 19.6. The lowest BCUT2D eigenvalue weighted by Gasteiger charge is -2.09. The van der Waals surface area contributed by atoms with Crippen LogP contribution in [0.15, 0.2) is 41.1 Å². The normalized spacial score (nSPS) is 15.5. The van der Waals surface area contributed by atoms with Crippen LogP contribution in [0.25, 0.3) is 10.2 Å². The molecule has 1 aliphatic rings. The highest BCUT2D eigenvalue weighted by molar-refractivity contribution is 7.18. The molecular weight excluding hydrogens is 394 g/mol. The van der Waals surface area contributed by atoms with E-state index in [4.69, 9.17) is 17.3 Å². The molecule has 3 heterocycles. The van der Waals surface area contributed by atoms with Gasteiger partial charge in [0.25, 0.3) is 0 Å². The van der Waals surface area contributed by atoms with Crippen molar-refractivity contribution in [3.63, 3.8) is 0 Å². The Labute approximate surface area is 175 Å². The van der Waals surface area contributed by atoms with Crippen LogP contribution in [0.3, 0.4) is 0 Å². The predicted octanol–water partition coefficient (Wildman–Crippen LogP) is 7.01. The number of allylic oxidation sites excluding steroid dienone is 1. The Kier molecular flexibility index (Phi) is 9.28. The molecule has 0 spiro atoms. The molecule has 0 amide bonds. The number of halogens is 1. The molecule has 0 saturated heterocycles. The van der Waals surface area contributed by atoms with Gasteiger partial charge in [0, 0.05) is 23.5 Å². The third-order valence-corrected chi connectivity index (χ3v) is 6.20. The van der Waals surface area contributed by atoms with Crippen molar-refractivity contribution in [1.82, 2.24) is 4.98 Å². The van der Waals surface area contributed by atoms with Crippen molar-refractivity contribution < 1.29 is 0 Å². The van der Waals surface area contributed by atoms with Crippen LogP contribution in [-0.4, -0.2) is 11.0 Å². The number of thiophene rings is 2. The molecule has 3 N–H and O–H groups in total. The van der Waals surface area contributed by atoms with Crippen molar-refractivity contribution in [1.29, 1.82) is 0 Å². The largest absolute Gasteiger partial charge is 0.379 e. The molecule has 1 aliphatic carbocycles. The number of anilines is 1. The summed E-state index contributed by atoms with van der Waals surface area (Å²) in [6, 6.07) is 6.53. The molecule has 4 rings (SSSR count). The fourth-order valence-electron chi connectivity index (χ4n) is 2.64. The van der Waals surface area contributed by atoms with Crippen molar-refractivity contribution in [2.45, 2.75) is 52.6 Å². The van der Waals surface area contributed by atoms with E-state index in [1.54, 1.807) is 22.7 Å². The van der Waals surface area contributed by atoms with Gasteiger partial charge in [0.05, 0.1) is 15.9 Å². The van der Waals surface area contributed by atoms with E-state index in [9.17, 15) is 0 Å². The molecule has 0 radical (unpaired) electrons. The lowest BCUT2D eigenvalue weighted by molar-refractivity contribution is 0.606. The van der Waals surface area contributed by atoms with Crippen LogP contribution < -0.4 is 11.1 Å². The standard InChI is InChI=1S/C13H11ClN2S2.C6H11N.C2H6/c1-8-7-18-13-10(5-11(14)16-12(8)13)15-6-9-3-2-4-17-9;7-6-4-2-1-3-5-6;1-2/h2-5,7H,6H2,1H3,(H,15,16);1-2,6H,3-5,7H2;1-2H3. The summed E-state index contributed by atoms with van der Waals surface area (Å²) < 4.78 is 1.17. The van der Waals surface area contributed by atoms with Crippen LogP contribution in [-0.2, 0) is 6.54 Å². The average molecular weight is 422 g/mol. The Hall–Kier alpha value is -1.40. The van der Waals surface area contributed by atoms with Crippen molar-refractivity contribution >= 4 is 50.2 Å². The summed E-state index contributed by atoms with van der Waals surface area (Å²) in [5.74, 6) is 0. The molecule has 3 nitrogen and oxygen atoms in total. The maximum atomic E-state index is 6.07. The number of nitrogens with one attached hydrogen (secondary N) is 1. The second kappa shape index (κ2) is 11.4. The van der Waals surface area contributed by atoms with Gasteiger partial charge < -0.3 is 11.1 Å². The molecule has 3 aromatic rings. The maximum Gasteiger partial charge on any atom is 0.131 e. The Morgan fingerprint density at radius 1 is 1.30 bits per heavy atom. The summed E-state index contributed by atoms with van der Waals surface area (Å²) in [4.78, 5) is 5.69. The lowest BCUT2D eigenvalue weighted by atomic mass is 10.0. The number of aryl methyl sites for hydroxylation is 1. The number of aromatic nitrogens is 1. The van der Waals surface area contributed by atoms with Crippen molar-refractivity contribution in [2.24, 2.45) is 5.73 Å². The first-order chi connectivity index (χ1) is 13.1. The molecule has 0 bridgehead atoms. The minimum atomic E-state index is 0.449. The van der Waals surface area contributed by atoms with Gasteiger partial charge >= 0.3 is 0 Å². The van der Waals surface area contributed by atoms with E-state index in [1.165, 1.54) is 28.0 Å². The highest BCUT2D eigenvalue weighted by atomic mass is 35.5. The predicted molar refractivity (Wildman–Crippen MR) is 123 cm³/mol. The summed E-state index contributed by atoms with van der Waals surface area (Å²) in [5, 5.41) is 8.18. The van der Waals surface area contributed by atoms with E-state index < -0.39 is 0 Å². The highest BCUT2D eigenvalue weighted by Crippen LogP contribution is 2.33. The lowest BCUT2D eigenvalue weighted by Crippen LogP contribution is -2.19. The fraction of sp³-hybridized carbons (Fsp3) is 0.381. The Bertz CT molecular complexity index is 841. The minimum absolute atomic E-state index is 0.449. The zero-order valence-electron chi connectivity index (χ0n) is 16.2. The quantitative estimate of drug-likeness (QED) is 0.353. The maximum absolute atomic E-state index is 6.07. The molecule has 0 aliphatic heterocycles. The molecule has 0 saturated carbocycles. The van der Waals surface area contributed by atoms with E-state index in [-0.39, 0.29) is 0 Å². The van der Waals surface area contributed by atoms with Crippen molar-refractivity contribution in [3.8, 4) is 0 Å². The van der Waals surface area contributed by atoms with E-state index in [0.717, 1.165) is 24.2 Å². The Morgan fingerprint density at radius 2 is 2.11 bits per heavy atom. The summed E-state index contributed by atoms with van der Waals surface area (Å²) in [5.41, 5.74) is 8.83. The summed E-state index contributed by atoms with van der Waals surface area (Å²) in [7, 11) is 0. The van der Waals surface area contributed by atoms with Gasteiger partial charge in [-0.05, 0) is 48.6 Å². The van der Waals surface area contributed by atoms with Crippen LogP contribution >= 0.6 is 34.3 Å². The number of nitrogens with zero attached hydrogens (tertiary/aromatic N) is 1. The molecule has 0 fully saturated rings. The molecule has 27 heavy (non-hydrogen) atoms. The number of fused-ring (bicyclic) bond motifs is 1. The molecule has 6 heteroatoms. The molecule has 1 unspecified atom stereocenters. The average Bonchev–Trinajstić information content (AvgIpc) is 3.33. The van der Waals surface area contributed by atoms with Crippen LogP contribution in [0.1, 0.15) is 43.6 Å². The van der Waals surface area contributed by atoms with Gasteiger partial charge in [-0.15, -0.1) is 22.7 Å². The van der Waals surface area contributed by atoms with Gasteiger partial charge in [-0.1, -0.05) is 43.7 Å². The number of rotatable bonds is 3. The fourth-order valence-corrected chi connectivity index (χ4v) is 4.46. The van der Waals surface area contributed by atoms with Gasteiger partial charge in [0.15, 0.2) is 0 Å². The molecule has 0 aromatic carbocycles. The number of hydrogen-bond donors (Lipinski definition) is 2. The van der Waals surface area contributed by atoms with E-state index in [1.807, 2.05) is 19.9 Å². The first-order valence-corrected chi connectivity index (χ1v) is 11.5. The second-order valence-electron chi connectivity index (χ2n) is 6.07. The van der Waals surface area contributed by atoms with Crippen LogP contribution in [0.5, 0.6) is 0 Å². The number of pyridine rings is 1. The number of nitrogens with two attached hydrogens (primary N) is 1. The van der Waals surface area contributed by atoms with Gasteiger partial charge in [0.1, 0.15) is 5.15 Å². The van der Waals surface area contributed by atoms with Crippen LogP contribution in [0.2, 0.25) is 5.15 Å².